The molecule has 0 bridgehead atoms. The van der Waals surface area contributed by atoms with E-state index in [0.29, 0.717) is 35.8 Å². The Bertz CT molecular complexity index is 1180. The smallest absolute Gasteiger partial charge is 0.265 e. The Morgan fingerprint density at radius 3 is 2.68 bits per heavy atom. The SMILES string of the molecule is Cc1ccc2c(c1)N(S(C)(=O)=O)CC[C@@H](C(=O)Nc1ccccc1C(=O)NC[C@H]1CCCO1)O2. The second kappa shape index (κ2) is 10.0. The zero-order chi connectivity index (χ0) is 24.3. The lowest BCUT2D eigenvalue weighted by Crippen LogP contribution is -2.37. The third-order valence-corrected chi connectivity index (χ3v) is 7.06. The van der Waals surface area contributed by atoms with Gasteiger partial charge in [0.1, 0.15) is 5.75 Å². The van der Waals surface area contributed by atoms with Crippen molar-refractivity contribution < 1.29 is 27.5 Å². The van der Waals surface area contributed by atoms with Gasteiger partial charge in [-0.25, -0.2) is 8.42 Å². The van der Waals surface area contributed by atoms with Gasteiger partial charge in [-0.3, -0.25) is 13.9 Å². The van der Waals surface area contributed by atoms with Gasteiger partial charge >= 0.3 is 0 Å². The highest BCUT2D eigenvalue weighted by molar-refractivity contribution is 7.92. The number of hydrogen-bond acceptors (Lipinski definition) is 6. The number of benzene rings is 2. The minimum absolute atomic E-state index is 0.00610. The maximum Gasteiger partial charge on any atom is 0.265 e. The van der Waals surface area contributed by atoms with Crippen LogP contribution in [-0.4, -0.2) is 58.4 Å². The molecule has 1 fully saturated rings. The molecule has 0 unspecified atom stereocenters. The van der Waals surface area contributed by atoms with Crippen LogP contribution < -0.4 is 19.7 Å². The highest BCUT2D eigenvalue weighted by atomic mass is 32.2. The number of aryl methyl sites for hydroxylation is 1. The highest BCUT2D eigenvalue weighted by Crippen LogP contribution is 2.35. The number of carbonyl (C=O) groups excluding carboxylic acids is 2. The van der Waals surface area contributed by atoms with E-state index >= 15 is 0 Å². The molecule has 2 aliphatic heterocycles. The molecule has 0 aromatic heterocycles. The average molecular weight is 488 g/mol. The van der Waals surface area contributed by atoms with Crippen molar-refractivity contribution in [2.24, 2.45) is 0 Å². The van der Waals surface area contributed by atoms with E-state index in [2.05, 4.69) is 10.6 Å². The minimum Gasteiger partial charge on any atom is -0.478 e. The Hall–Kier alpha value is -3.11. The predicted molar refractivity (Wildman–Crippen MR) is 129 cm³/mol. The summed E-state index contributed by atoms with van der Waals surface area (Å²) in [6.07, 6.45) is 2.24. The van der Waals surface area contributed by atoms with E-state index in [0.717, 1.165) is 24.7 Å². The lowest BCUT2D eigenvalue weighted by Gasteiger charge is -2.21. The number of amides is 2. The number of sulfonamides is 1. The minimum atomic E-state index is -3.56. The van der Waals surface area contributed by atoms with Crippen molar-refractivity contribution >= 4 is 33.2 Å². The first kappa shape index (κ1) is 24.0. The first-order valence-electron chi connectivity index (χ1n) is 11.3. The summed E-state index contributed by atoms with van der Waals surface area (Å²) in [5, 5.41) is 5.65. The fraction of sp³-hybridized carbons (Fsp3) is 0.417. The first-order valence-corrected chi connectivity index (χ1v) is 13.1. The molecule has 0 spiro atoms. The molecule has 1 saturated heterocycles. The molecule has 2 atom stereocenters. The van der Waals surface area contributed by atoms with E-state index < -0.39 is 22.0 Å². The van der Waals surface area contributed by atoms with Crippen LogP contribution in [0.3, 0.4) is 0 Å². The Morgan fingerprint density at radius 1 is 1.15 bits per heavy atom. The first-order chi connectivity index (χ1) is 16.2. The largest absolute Gasteiger partial charge is 0.478 e. The average Bonchev–Trinajstić information content (AvgIpc) is 3.23. The quantitative estimate of drug-likeness (QED) is 0.647. The molecule has 0 saturated carbocycles. The summed E-state index contributed by atoms with van der Waals surface area (Å²) in [6, 6.07) is 11.9. The lowest BCUT2D eigenvalue weighted by atomic mass is 10.1. The Labute approximate surface area is 199 Å². The van der Waals surface area contributed by atoms with Crippen LogP contribution in [0.5, 0.6) is 5.75 Å². The van der Waals surface area contributed by atoms with Gasteiger partial charge in [0.15, 0.2) is 6.10 Å². The number of carbonyl (C=O) groups is 2. The molecular formula is C24H29N3O6S. The molecule has 182 valence electrons. The van der Waals surface area contributed by atoms with Crippen molar-refractivity contribution in [2.75, 3.05) is 35.6 Å². The molecule has 2 aliphatic rings. The van der Waals surface area contributed by atoms with Crippen LogP contribution in [0.25, 0.3) is 0 Å². The fourth-order valence-electron chi connectivity index (χ4n) is 4.13. The molecule has 2 N–H and O–H groups in total. The molecule has 10 heteroatoms. The van der Waals surface area contributed by atoms with Gasteiger partial charge in [-0.15, -0.1) is 0 Å². The molecule has 34 heavy (non-hydrogen) atoms. The summed E-state index contributed by atoms with van der Waals surface area (Å²) in [4.78, 5) is 25.9. The number of hydrogen-bond donors (Lipinski definition) is 2. The second-order valence-electron chi connectivity index (χ2n) is 8.58. The Morgan fingerprint density at radius 2 is 1.94 bits per heavy atom. The molecule has 2 amide bonds. The van der Waals surface area contributed by atoms with E-state index in [1.165, 1.54) is 4.31 Å². The van der Waals surface area contributed by atoms with Crippen LogP contribution >= 0.6 is 0 Å². The van der Waals surface area contributed by atoms with Crippen molar-refractivity contribution in [3.05, 3.63) is 53.6 Å². The second-order valence-corrected chi connectivity index (χ2v) is 10.5. The summed E-state index contributed by atoms with van der Waals surface area (Å²) < 4.78 is 37.5. The van der Waals surface area contributed by atoms with Gasteiger partial charge in [-0.1, -0.05) is 18.2 Å². The van der Waals surface area contributed by atoms with Crippen molar-refractivity contribution in [3.8, 4) is 5.75 Å². The third-order valence-electron chi connectivity index (χ3n) is 5.88. The summed E-state index contributed by atoms with van der Waals surface area (Å²) in [6.45, 7) is 3.06. The van der Waals surface area contributed by atoms with E-state index in [1.807, 2.05) is 6.92 Å². The molecule has 2 heterocycles. The summed E-state index contributed by atoms with van der Waals surface area (Å²) >= 11 is 0. The molecule has 4 rings (SSSR count). The van der Waals surface area contributed by atoms with Crippen LogP contribution in [-0.2, 0) is 19.6 Å². The summed E-state index contributed by atoms with van der Waals surface area (Å²) in [5.41, 5.74) is 1.97. The van der Waals surface area contributed by atoms with Gasteiger partial charge in [-0.05, 0) is 49.6 Å². The molecule has 2 aromatic rings. The van der Waals surface area contributed by atoms with Crippen LogP contribution in [0.15, 0.2) is 42.5 Å². The Balaban J connectivity index is 1.50. The molecular weight excluding hydrogens is 458 g/mol. The zero-order valence-electron chi connectivity index (χ0n) is 19.2. The van der Waals surface area contributed by atoms with Crippen LogP contribution in [0.2, 0.25) is 0 Å². The molecule has 0 radical (unpaired) electrons. The topological polar surface area (TPSA) is 114 Å². The van der Waals surface area contributed by atoms with Crippen LogP contribution in [0.1, 0.15) is 35.2 Å². The van der Waals surface area contributed by atoms with Gasteiger partial charge in [0, 0.05) is 26.1 Å². The monoisotopic (exact) mass is 487 g/mol. The van der Waals surface area contributed by atoms with Gasteiger partial charge < -0.3 is 20.1 Å². The maximum atomic E-state index is 13.1. The van der Waals surface area contributed by atoms with E-state index in [9.17, 15) is 18.0 Å². The van der Waals surface area contributed by atoms with Gasteiger partial charge in [0.05, 0.1) is 29.3 Å². The molecule has 9 nitrogen and oxygen atoms in total. The van der Waals surface area contributed by atoms with Crippen LogP contribution in [0.4, 0.5) is 11.4 Å². The predicted octanol–water partition coefficient (Wildman–Crippen LogP) is 2.46. The van der Waals surface area contributed by atoms with Crippen molar-refractivity contribution in [1.29, 1.82) is 0 Å². The van der Waals surface area contributed by atoms with Gasteiger partial charge in [0.25, 0.3) is 11.8 Å². The summed E-state index contributed by atoms with van der Waals surface area (Å²) in [7, 11) is -3.56. The molecule has 0 aliphatic carbocycles. The number of anilines is 2. The number of nitrogens with one attached hydrogen (secondary N) is 2. The highest BCUT2D eigenvalue weighted by Gasteiger charge is 2.32. The maximum absolute atomic E-state index is 13.1. The van der Waals surface area contributed by atoms with E-state index in [4.69, 9.17) is 9.47 Å². The lowest BCUT2D eigenvalue weighted by molar-refractivity contribution is -0.122. The number of nitrogens with zero attached hydrogens (tertiary/aromatic N) is 1. The Kier molecular flexibility index (Phi) is 7.08. The van der Waals surface area contributed by atoms with Gasteiger partial charge in [-0.2, -0.15) is 0 Å². The van der Waals surface area contributed by atoms with E-state index in [-0.39, 0.29) is 25.0 Å². The standard InChI is InChI=1S/C24H29N3O6S/c1-16-9-10-21-20(14-16)27(34(2,30)31)12-11-22(33-21)24(29)26-19-8-4-3-7-18(19)23(28)25-15-17-6-5-13-32-17/h3-4,7-10,14,17,22H,5-6,11-13,15H2,1-2H3,(H,25,28)(H,26,29)/t17-,22+/m1/s1. The van der Waals surface area contributed by atoms with Crippen molar-refractivity contribution in [1.82, 2.24) is 5.32 Å². The number of fused-ring (bicyclic) bond motifs is 1. The normalized spacial score (nSPS) is 20.1. The number of rotatable bonds is 6. The fourth-order valence-corrected chi connectivity index (χ4v) is 5.07. The number of ether oxygens (including phenoxy) is 2. The summed E-state index contributed by atoms with van der Waals surface area (Å²) in [5.74, 6) is -0.449. The van der Waals surface area contributed by atoms with E-state index in [1.54, 1.807) is 42.5 Å². The zero-order valence-corrected chi connectivity index (χ0v) is 20.1. The molecule has 2 aromatic carbocycles. The van der Waals surface area contributed by atoms with Gasteiger partial charge in [0.2, 0.25) is 10.0 Å². The van der Waals surface area contributed by atoms with Crippen molar-refractivity contribution in [2.45, 2.75) is 38.4 Å². The van der Waals surface area contributed by atoms with Crippen LogP contribution in [0, 0.1) is 6.92 Å². The third kappa shape index (κ3) is 5.51. The number of para-hydroxylation sites is 1. The van der Waals surface area contributed by atoms with Crippen molar-refractivity contribution in [3.63, 3.8) is 0 Å².